The number of nitrogens with zero attached hydrogens (tertiary/aromatic N) is 1. The Morgan fingerprint density at radius 3 is 2.15 bits per heavy atom. The largest absolute Gasteiger partial charge is 0.493 e. The summed E-state index contributed by atoms with van der Waals surface area (Å²) >= 11 is 0. The van der Waals surface area contributed by atoms with Crippen LogP contribution in [0.15, 0.2) is 12.1 Å². The summed E-state index contributed by atoms with van der Waals surface area (Å²) in [4.78, 5) is 0. The van der Waals surface area contributed by atoms with Crippen molar-refractivity contribution < 1.29 is 14.0 Å². The predicted octanol–water partition coefficient (Wildman–Crippen LogP) is 3.53. The highest BCUT2D eigenvalue weighted by Gasteiger charge is 2.31. The van der Waals surface area contributed by atoms with Crippen LogP contribution in [0.25, 0.3) is 0 Å². The number of quaternary nitrogens is 1. The highest BCUT2D eigenvalue weighted by atomic mass is 16.5. The molecule has 1 saturated carbocycles. The van der Waals surface area contributed by atoms with Crippen LogP contribution < -0.4 is 9.47 Å². The fourth-order valence-electron chi connectivity index (χ4n) is 3.36. The molecule has 3 heteroatoms. The first-order valence-corrected chi connectivity index (χ1v) is 7.52. The first-order chi connectivity index (χ1) is 9.47. The van der Waals surface area contributed by atoms with Crippen molar-refractivity contribution in [2.75, 3.05) is 28.3 Å². The fraction of sp³-hybridized carbons (Fsp3) is 0.647. The van der Waals surface area contributed by atoms with Gasteiger partial charge in [0, 0.05) is 5.56 Å². The summed E-state index contributed by atoms with van der Waals surface area (Å²) in [5, 5.41) is 0. The summed E-state index contributed by atoms with van der Waals surface area (Å²) in [6, 6.07) is 5.02. The first kappa shape index (κ1) is 15.2. The minimum atomic E-state index is 0.794. The van der Waals surface area contributed by atoms with Gasteiger partial charge in [0.15, 0.2) is 11.5 Å². The van der Waals surface area contributed by atoms with E-state index in [1.165, 1.54) is 36.8 Å². The Labute approximate surface area is 123 Å². The Balaban J connectivity index is 2.24. The zero-order valence-corrected chi connectivity index (χ0v) is 13.5. The Morgan fingerprint density at radius 2 is 1.60 bits per heavy atom. The molecule has 1 aromatic rings. The molecule has 0 aliphatic heterocycles. The van der Waals surface area contributed by atoms with Crippen LogP contribution in [0.2, 0.25) is 0 Å². The SMILES string of the molecule is COc1cc(C)c(C[N+](C)(C)C2CCCC2)cc1OC. The molecule has 0 heterocycles. The number of hydrogen-bond donors (Lipinski definition) is 0. The fourth-order valence-corrected chi connectivity index (χ4v) is 3.36. The van der Waals surface area contributed by atoms with E-state index in [4.69, 9.17) is 9.47 Å². The van der Waals surface area contributed by atoms with Crippen LogP contribution in [-0.4, -0.2) is 38.8 Å². The minimum absolute atomic E-state index is 0.794. The second kappa shape index (κ2) is 6.04. The van der Waals surface area contributed by atoms with Gasteiger partial charge in [-0.05, 0) is 50.3 Å². The lowest BCUT2D eigenvalue weighted by molar-refractivity contribution is -0.927. The molecule has 1 aromatic carbocycles. The van der Waals surface area contributed by atoms with Gasteiger partial charge in [-0.1, -0.05) is 0 Å². The van der Waals surface area contributed by atoms with E-state index in [-0.39, 0.29) is 0 Å². The molecular weight excluding hydrogens is 250 g/mol. The van der Waals surface area contributed by atoms with Gasteiger partial charge in [-0.25, -0.2) is 0 Å². The molecule has 0 atom stereocenters. The van der Waals surface area contributed by atoms with E-state index in [9.17, 15) is 0 Å². The normalized spacial score (nSPS) is 16.4. The molecule has 0 aromatic heterocycles. The second-order valence-electron chi connectivity index (χ2n) is 6.51. The van der Waals surface area contributed by atoms with Crippen molar-refractivity contribution in [3.63, 3.8) is 0 Å². The molecule has 3 nitrogen and oxygen atoms in total. The number of ether oxygens (including phenoxy) is 2. The van der Waals surface area contributed by atoms with Gasteiger partial charge in [0.2, 0.25) is 0 Å². The number of hydrogen-bond acceptors (Lipinski definition) is 2. The molecular formula is C17H28NO2+. The maximum absolute atomic E-state index is 5.44. The minimum Gasteiger partial charge on any atom is -0.493 e. The summed E-state index contributed by atoms with van der Waals surface area (Å²) in [5.74, 6) is 1.65. The molecule has 0 saturated heterocycles. The van der Waals surface area contributed by atoms with Crippen LogP contribution in [0.1, 0.15) is 36.8 Å². The molecule has 2 rings (SSSR count). The quantitative estimate of drug-likeness (QED) is 0.767. The van der Waals surface area contributed by atoms with Crippen molar-refractivity contribution in [3.05, 3.63) is 23.3 Å². The molecule has 1 aliphatic rings. The first-order valence-electron chi connectivity index (χ1n) is 7.52. The van der Waals surface area contributed by atoms with Gasteiger partial charge < -0.3 is 14.0 Å². The third-order valence-corrected chi connectivity index (χ3v) is 4.73. The molecule has 0 unspecified atom stereocenters. The molecule has 112 valence electrons. The van der Waals surface area contributed by atoms with Crippen molar-refractivity contribution in [1.82, 2.24) is 0 Å². The third-order valence-electron chi connectivity index (χ3n) is 4.73. The number of benzene rings is 1. The van der Waals surface area contributed by atoms with Crippen LogP contribution in [0, 0.1) is 6.92 Å². The maximum Gasteiger partial charge on any atom is 0.161 e. The van der Waals surface area contributed by atoms with Crippen molar-refractivity contribution in [2.45, 2.75) is 45.2 Å². The molecule has 1 fully saturated rings. The van der Waals surface area contributed by atoms with E-state index in [2.05, 4.69) is 33.2 Å². The van der Waals surface area contributed by atoms with Crippen molar-refractivity contribution in [2.24, 2.45) is 0 Å². The smallest absolute Gasteiger partial charge is 0.161 e. The van der Waals surface area contributed by atoms with E-state index in [0.717, 1.165) is 28.6 Å². The average molecular weight is 278 g/mol. The predicted molar refractivity (Wildman–Crippen MR) is 82.4 cm³/mol. The number of methoxy groups -OCH3 is 2. The molecule has 0 spiro atoms. The molecule has 0 radical (unpaired) electrons. The van der Waals surface area contributed by atoms with Crippen molar-refractivity contribution in [3.8, 4) is 11.5 Å². The second-order valence-corrected chi connectivity index (χ2v) is 6.51. The number of aryl methyl sites for hydroxylation is 1. The monoisotopic (exact) mass is 278 g/mol. The van der Waals surface area contributed by atoms with Crippen LogP contribution in [0.3, 0.4) is 0 Å². The van der Waals surface area contributed by atoms with Gasteiger partial charge >= 0.3 is 0 Å². The lowest BCUT2D eigenvalue weighted by atomic mass is 10.0. The summed E-state index contributed by atoms with van der Waals surface area (Å²) in [5.41, 5.74) is 2.64. The average Bonchev–Trinajstić information content (AvgIpc) is 2.95. The van der Waals surface area contributed by atoms with Gasteiger partial charge in [0.25, 0.3) is 0 Å². The maximum atomic E-state index is 5.44. The Bertz CT molecular complexity index is 462. The van der Waals surface area contributed by atoms with Crippen molar-refractivity contribution in [1.29, 1.82) is 0 Å². The van der Waals surface area contributed by atoms with Crippen LogP contribution in [-0.2, 0) is 6.54 Å². The standard InChI is InChI=1S/C17H28NO2/c1-13-10-16(19-4)17(20-5)11-14(13)12-18(2,3)15-8-6-7-9-15/h10-11,15H,6-9,12H2,1-5H3/q+1. The van der Waals surface area contributed by atoms with Gasteiger partial charge in [0.05, 0.1) is 34.4 Å². The summed E-state index contributed by atoms with van der Waals surface area (Å²) < 4.78 is 11.9. The van der Waals surface area contributed by atoms with Crippen molar-refractivity contribution >= 4 is 0 Å². The van der Waals surface area contributed by atoms with Crippen LogP contribution in [0.5, 0.6) is 11.5 Å². The van der Waals surface area contributed by atoms with Gasteiger partial charge in [-0.15, -0.1) is 0 Å². The topological polar surface area (TPSA) is 18.5 Å². The highest BCUT2D eigenvalue weighted by molar-refractivity contribution is 5.46. The van der Waals surface area contributed by atoms with E-state index < -0.39 is 0 Å². The Kier molecular flexibility index (Phi) is 4.59. The van der Waals surface area contributed by atoms with Gasteiger partial charge in [-0.3, -0.25) is 0 Å². The summed E-state index contributed by atoms with van der Waals surface area (Å²) in [6.45, 7) is 3.21. The van der Waals surface area contributed by atoms with Crippen LogP contribution in [0.4, 0.5) is 0 Å². The van der Waals surface area contributed by atoms with Crippen LogP contribution >= 0.6 is 0 Å². The Hall–Kier alpha value is -1.22. The van der Waals surface area contributed by atoms with E-state index >= 15 is 0 Å². The molecule has 20 heavy (non-hydrogen) atoms. The molecule has 0 N–H and O–H groups in total. The highest BCUT2D eigenvalue weighted by Crippen LogP contribution is 2.33. The molecule has 1 aliphatic carbocycles. The lowest BCUT2D eigenvalue weighted by Gasteiger charge is -2.36. The van der Waals surface area contributed by atoms with E-state index in [1.807, 2.05) is 0 Å². The zero-order valence-electron chi connectivity index (χ0n) is 13.5. The van der Waals surface area contributed by atoms with E-state index in [0.29, 0.717) is 0 Å². The van der Waals surface area contributed by atoms with E-state index in [1.54, 1.807) is 14.2 Å². The molecule has 0 bridgehead atoms. The Morgan fingerprint density at radius 1 is 1.05 bits per heavy atom. The number of rotatable bonds is 5. The third kappa shape index (κ3) is 3.09. The molecule has 0 amide bonds. The zero-order chi connectivity index (χ0) is 14.8. The summed E-state index contributed by atoms with van der Waals surface area (Å²) in [7, 11) is 8.10. The van der Waals surface area contributed by atoms with Gasteiger partial charge in [-0.2, -0.15) is 0 Å². The van der Waals surface area contributed by atoms with Gasteiger partial charge in [0.1, 0.15) is 6.54 Å². The summed E-state index contributed by atoms with van der Waals surface area (Å²) in [6.07, 6.45) is 5.49. The lowest BCUT2D eigenvalue weighted by Crippen LogP contribution is -2.46.